The predicted octanol–water partition coefficient (Wildman–Crippen LogP) is 4.17. The minimum absolute atomic E-state index is 0.00798. The summed E-state index contributed by atoms with van der Waals surface area (Å²) in [5.41, 5.74) is 1.02. The summed E-state index contributed by atoms with van der Waals surface area (Å²) in [6.07, 6.45) is 1.09. The zero-order valence-electron chi connectivity index (χ0n) is 18.0. The molecule has 1 N–H and O–H groups in total. The van der Waals surface area contributed by atoms with Crippen LogP contribution in [0.15, 0.2) is 60.0 Å². The number of carbonyl (C=O) groups is 3. The van der Waals surface area contributed by atoms with E-state index in [1.54, 1.807) is 4.90 Å². The normalized spacial score (nSPS) is 15.3. The lowest BCUT2D eigenvalue weighted by Crippen LogP contribution is -2.41. The van der Waals surface area contributed by atoms with Crippen LogP contribution in [-0.4, -0.2) is 42.4 Å². The van der Waals surface area contributed by atoms with Crippen molar-refractivity contribution in [2.75, 3.05) is 19.7 Å². The summed E-state index contributed by atoms with van der Waals surface area (Å²) in [6, 6.07) is 17.5. The Labute approximate surface area is 191 Å². The molecule has 1 atom stereocenters. The summed E-state index contributed by atoms with van der Waals surface area (Å²) >= 11 is 1.42. The van der Waals surface area contributed by atoms with E-state index in [4.69, 9.17) is 4.74 Å². The molecule has 0 radical (unpaired) electrons. The number of hydrogen-bond donors (Lipinski definition) is 1. The number of piperidine rings is 1. The molecule has 2 amide bonds. The zero-order valence-corrected chi connectivity index (χ0v) is 18.8. The van der Waals surface area contributed by atoms with Gasteiger partial charge in [0.05, 0.1) is 16.8 Å². The van der Waals surface area contributed by atoms with Gasteiger partial charge in [-0.2, -0.15) is 0 Å². The Morgan fingerprint density at radius 3 is 2.56 bits per heavy atom. The van der Waals surface area contributed by atoms with E-state index in [0.29, 0.717) is 30.8 Å². The Kier molecular flexibility index (Phi) is 6.85. The molecular formula is C25H26N2O4S. The van der Waals surface area contributed by atoms with Crippen molar-refractivity contribution in [1.82, 2.24) is 10.2 Å². The molecule has 166 valence electrons. The lowest BCUT2D eigenvalue weighted by Gasteiger charge is -2.30. The van der Waals surface area contributed by atoms with Gasteiger partial charge in [-0.25, -0.2) is 0 Å². The minimum atomic E-state index is -0.374. The highest BCUT2D eigenvalue weighted by Crippen LogP contribution is 2.24. The van der Waals surface area contributed by atoms with E-state index in [-0.39, 0.29) is 36.4 Å². The predicted molar refractivity (Wildman–Crippen MR) is 124 cm³/mol. The smallest absolute Gasteiger partial charge is 0.309 e. The van der Waals surface area contributed by atoms with Crippen LogP contribution in [0, 0.1) is 5.92 Å². The first kappa shape index (κ1) is 22.0. The van der Waals surface area contributed by atoms with Crippen LogP contribution in [0.2, 0.25) is 0 Å². The number of nitrogens with zero attached hydrogens (tertiary/aromatic N) is 1. The van der Waals surface area contributed by atoms with Gasteiger partial charge in [0.15, 0.2) is 6.61 Å². The van der Waals surface area contributed by atoms with Gasteiger partial charge in [0.2, 0.25) is 0 Å². The molecule has 1 aromatic heterocycles. The number of carbonyl (C=O) groups excluding carboxylic acids is 3. The first-order chi connectivity index (χ1) is 15.5. The highest BCUT2D eigenvalue weighted by molar-refractivity contribution is 7.12. The number of benzene rings is 2. The van der Waals surface area contributed by atoms with Gasteiger partial charge in [-0.1, -0.05) is 48.5 Å². The number of ether oxygens (including phenoxy) is 1. The van der Waals surface area contributed by atoms with E-state index in [9.17, 15) is 14.4 Å². The molecule has 7 heteroatoms. The highest BCUT2D eigenvalue weighted by Gasteiger charge is 2.29. The Morgan fingerprint density at radius 2 is 1.81 bits per heavy atom. The zero-order chi connectivity index (χ0) is 22.5. The number of esters is 1. The van der Waals surface area contributed by atoms with Gasteiger partial charge < -0.3 is 15.0 Å². The number of hydrogen-bond acceptors (Lipinski definition) is 5. The van der Waals surface area contributed by atoms with Gasteiger partial charge in [0.25, 0.3) is 11.8 Å². The lowest BCUT2D eigenvalue weighted by atomic mass is 9.97. The molecule has 3 aromatic rings. The van der Waals surface area contributed by atoms with Gasteiger partial charge >= 0.3 is 5.97 Å². The summed E-state index contributed by atoms with van der Waals surface area (Å²) in [4.78, 5) is 39.7. The molecule has 0 spiro atoms. The molecule has 1 aliphatic rings. The van der Waals surface area contributed by atoms with Crippen LogP contribution >= 0.6 is 11.3 Å². The first-order valence-electron chi connectivity index (χ1n) is 10.8. The van der Waals surface area contributed by atoms with Crippen molar-refractivity contribution in [2.45, 2.75) is 25.8 Å². The van der Waals surface area contributed by atoms with Gasteiger partial charge in [0, 0.05) is 13.1 Å². The topological polar surface area (TPSA) is 75.7 Å². The molecule has 1 unspecified atom stereocenters. The molecule has 32 heavy (non-hydrogen) atoms. The highest BCUT2D eigenvalue weighted by atomic mass is 32.1. The van der Waals surface area contributed by atoms with E-state index in [1.807, 2.05) is 66.9 Å². The van der Waals surface area contributed by atoms with Crippen molar-refractivity contribution in [3.05, 3.63) is 70.4 Å². The minimum Gasteiger partial charge on any atom is -0.455 e. The maximum absolute atomic E-state index is 12.4. The number of rotatable bonds is 6. The third-order valence-corrected chi connectivity index (χ3v) is 6.72. The second kappa shape index (κ2) is 9.96. The molecule has 0 aliphatic carbocycles. The molecule has 6 nitrogen and oxygen atoms in total. The Balaban J connectivity index is 1.24. The molecule has 4 rings (SSSR count). The number of fused-ring (bicyclic) bond motifs is 1. The van der Waals surface area contributed by atoms with E-state index >= 15 is 0 Å². The average Bonchev–Trinajstić information content (AvgIpc) is 3.37. The average molecular weight is 451 g/mol. The maximum Gasteiger partial charge on any atom is 0.309 e. The van der Waals surface area contributed by atoms with Crippen LogP contribution in [0.3, 0.4) is 0 Å². The summed E-state index contributed by atoms with van der Waals surface area (Å²) in [5.74, 6) is -0.982. The largest absolute Gasteiger partial charge is 0.455 e. The Morgan fingerprint density at radius 1 is 1.06 bits per heavy atom. The van der Waals surface area contributed by atoms with Gasteiger partial charge in [-0.05, 0) is 47.5 Å². The van der Waals surface area contributed by atoms with Crippen LogP contribution < -0.4 is 5.32 Å². The van der Waals surface area contributed by atoms with Crippen LogP contribution in [0.4, 0.5) is 0 Å². The second-order valence-corrected chi connectivity index (χ2v) is 8.96. The van der Waals surface area contributed by atoms with E-state index in [2.05, 4.69) is 5.32 Å². The van der Waals surface area contributed by atoms with Crippen LogP contribution in [0.1, 0.15) is 41.0 Å². The molecule has 2 heterocycles. The summed E-state index contributed by atoms with van der Waals surface area (Å²) in [5, 5.41) is 6.99. The molecule has 1 saturated heterocycles. The van der Waals surface area contributed by atoms with E-state index in [0.717, 1.165) is 16.3 Å². The Hall–Kier alpha value is -3.19. The molecule has 1 fully saturated rings. The molecule has 2 aromatic carbocycles. The molecule has 0 bridgehead atoms. The number of likely N-dealkylation sites (tertiary alicyclic amines) is 1. The van der Waals surface area contributed by atoms with Crippen LogP contribution in [0.25, 0.3) is 10.8 Å². The number of amides is 2. The fourth-order valence-corrected chi connectivity index (χ4v) is 4.81. The summed E-state index contributed by atoms with van der Waals surface area (Å²) in [7, 11) is 0. The van der Waals surface area contributed by atoms with Crippen molar-refractivity contribution in [2.24, 2.45) is 5.92 Å². The molecule has 0 saturated carbocycles. The maximum atomic E-state index is 12.4. The lowest BCUT2D eigenvalue weighted by molar-refractivity contribution is -0.154. The molecular weight excluding hydrogens is 424 g/mol. The third kappa shape index (κ3) is 4.99. The van der Waals surface area contributed by atoms with Crippen molar-refractivity contribution in [3.63, 3.8) is 0 Å². The quantitative estimate of drug-likeness (QED) is 0.572. The van der Waals surface area contributed by atoms with Crippen molar-refractivity contribution in [1.29, 1.82) is 0 Å². The van der Waals surface area contributed by atoms with Crippen molar-refractivity contribution < 1.29 is 19.1 Å². The van der Waals surface area contributed by atoms with Gasteiger partial charge in [-0.3, -0.25) is 14.4 Å². The summed E-state index contributed by atoms with van der Waals surface area (Å²) in [6.45, 7) is 2.64. The van der Waals surface area contributed by atoms with E-state index < -0.39 is 0 Å². The van der Waals surface area contributed by atoms with E-state index in [1.165, 1.54) is 11.3 Å². The second-order valence-electron chi connectivity index (χ2n) is 8.01. The standard InChI is InChI=1S/C25H26N2O4S/c1-17(20-9-4-7-18-6-2-3-8-21(18)20)26-23(28)16-31-25(30)19-11-13-27(14-12-19)24(29)22-10-5-15-32-22/h2-10,15,17,19H,11-14,16H2,1H3,(H,26,28). The fourth-order valence-electron chi connectivity index (χ4n) is 4.12. The molecule has 1 aliphatic heterocycles. The van der Waals surface area contributed by atoms with Gasteiger partial charge in [0.1, 0.15) is 0 Å². The number of nitrogens with one attached hydrogen (secondary N) is 1. The summed E-state index contributed by atoms with van der Waals surface area (Å²) < 4.78 is 5.28. The van der Waals surface area contributed by atoms with Crippen molar-refractivity contribution in [3.8, 4) is 0 Å². The van der Waals surface area contributed by atoms with Crippen molar-refractivity contribution >= 4 is 39.9 Å². The Bertz CT molecular complexity index is 1100. The van der Waals surface area contributed by atoms with Crippen LogP contribution in [0.5, 0.6) is 0 Å². The SMILES string of the molecule is CC(NC(=O)COC(=O)C1CCN(C(=O)c2cccs2)CC1)c1cccc2ccccc12. The monoisotopic (exact) mass is 450 g/mol. The third-order valence-electron chi connectivity index (χ3n) is 5.86. The van der Waals surface area contributed by atoms with Gasteiger partial charge in [-0.15, -0.1) is 11.3 Å². The number of thiophene rings is 1. The first-order valence-corrected chi connectivity index (χ1v) is 11.7. The fraction of sp³-hybridized carbons (Fsp3) is 0.320. The van der Waals surface area contributed by atoms with Crippen LogP contribution in [-0.2, 0) is 14.3 Å².